The molecule has 134 valence electrons. The third-order valence-corrected chi connectivity index (χ3v) is 4.78. The Bertz CT molecular complexity index is 923. The standard InChI is InChI=1S/C20H20ClN3OS/c1-12-7-13(2)19(14(3)8-12)25-20-18(26-22-4)6-5-17(24-20)15-9-16(21)11-23-10-15/h5-11,22H,1-4H3. The van der Waals surface area contributed by atoms with Crippen molar-refractivity contribution in [3.8, 4) is 22.9 Å². The maximum atomic E-state index is 6.25. The van der Waals surface area contributed by atoms with E-state index < -0.39 is 0 Å². The summed E-state index contributed by atoms with van der Waals surface area (Å²) in [5, 5.41) is 0.575. The van der Waals surface area contributed by atoms with Gasteiger partial charge in [0.05, 0.1) is 15.6 Å². The lowest BCUT2D eigenvalue weighted by Crippen LogP contribution is -1.99. The van der Waals surface area contributed by atoms with Gasteiger partial charge in [0.2, 0.25) is 5.88 Å². The Kier molecular flexibility index (Phi) is 5.81. The third kappa shape index (κ3) is 4.18. The minimum atomic E-state index is 0.553. The van der Waals surface area contributed by atoms with Crippen LogP contribution in [0, 0.1) is 20.8 Å². The first-order valence-corrected chi connectivity index (χ1v) is 9.38. The lowest BCUT2D eigenvalue weighted by molar-refractivity contribution is 0.444. The zero-order chi connectivity index (χ0) is 18.7. The van der Waals surface area contributed by atoms with E-state index >= 15 is 0 Å². The van der Waals surface area contributed by atoms with Crippen LogP contribution >= 0.6 is 23.5 Å². The van der Waals surface area contributed by atoms with Crippen LogP contribution in [-0.2, 0) is 0 Å². The minimum absolute atomic E-state index is 0.553. The lowest BCUT2D eigenvalue weighted by Gasteiger charge is -2.15. The predicted octanol–water partition coefficient (Wildman–Crippen LogP) is 5.74. The summed E-state index contributed by atoms with van der Waals surface area (Å²) >= 11 is 7.53. The van der Waals surface area contributed by atoms with Crippen molar-refractivity contribution in [1.82, 2.24) is 14.7 Å². The molecule has 0 atom stereocenters. The molecule has 0 spiro atoms. The van der Waals surface area contributed by atoms with Gasteiger partial charge in [0, 0.05) is 18.0 Å². The average Bonchev–Trinajstić information content (AvgIpc) is 2.59. The molecule has 0 radical (unpaired) electrons. The number of ether oxygens (including phenoxy) is 1. The van der Waals surface area contributed by atoms with Gasteiger partial charge in [0.1, 0.15) is 5.75 Å². The fourth-order valence-electron chi connectivity index (χ4n) is 2.83. The average molecular weight is 386 g/mol. The first-order valence-electron chi connectivity index (χ1n) is 8.19. The quantitative estimate of drug-likeness (QED) is 0.567. The van der Waals surface area contributed by atoms with Gasteiger partial charge < -0.3 is 4.74 Å². The first-order chi connectivity index (χ1) is 12.5. The van der Waals surface area contributed by atoms with Crippen LogP contribution in [0.2, 0.25) is 5.02 Å². The molecule has 0 saturated carbocycles. The van der Waals surface area contributed by atoms with Crippen LogP contribution in [0.15, 0.2) is 47.6 Å². The first kappa shape index (κ1) is 18.7. The number of pyridine rings is 2. The summed E-state index contributed by atoms with van der Waals surface area (Å²) in [6.45, 7) is 6.17. The third-order valence-electron chi connectivity index (χ3n) is 3.84. The Labute approximate surface area is 163 Å². The number of nitrogens with zero attached hydrogens (tertiary/aromatic N) is 2. The van der Waals surface area contributed by atoms with Gasteiger partial charge in [0.25, 0.3) is 0 Å². The van der Waals surface area contributed by atoms with Crippen LogP contribution in [0.1, 0.15) is 16.7 Å². The molecule has 6 heteroatoms. The predicted molar refractivity (Wildman–Crippen MR) is 108 cm³/mol. The molecule has 2 heterocycles. The van der Waals surface area contributed by atoms with Crippen molar-refractivity contribution in [2.75, 3.05) is 7.05 Å². The second kappa shape index (κ2) is 8.08. The van der Waals surface area contributed by atoms with Gasteiger partial charge >= 0.3 is 0 Å². The Balaban J connectivity index is 2.05. The lowest BCUT2D eigenvalue weighted by atomic mass is 10.1. The van der Waals surface area contributed by atoms with Crippen LogP contribution in [0.5, 0.6) is 11.6 Å². The zero-order valence-corrected chi connectivity index (χ0v) is 16.7. The van der Waals surface area contributed by atoms with Gasteiger partial charge in [-0.15, -0.1) is 0 Å². The smallest absolute Gasteiger partial charge is 0.234 e. The van der Waals surface area contributed by atoms with E-state index in [1.807, 2.05) is 39.1 Å². The van der Waals surface area contributed by atoms with Crippen molar-refractivity contribution in [3.63, 3.8) is 0 Å². The van der Waals surface area contributed by atoms with Gasteiger partial charge in [0.15, 0.2) is 0 Å². The van der Waals surface area contributed by atoms with Gasteiger partial charge in [-0.1, -0.05) is 29.3 Å². The van der Waals surface area contributed by atoms with Crippen molar-refractivity contribution in [2.24, 2.45) is 0 Å². The molecule has 1 aromatic carbocycles. The van der Waals surface area contributed by atoms with Crippen LogP contribution in [-0.4, -0.2) is 17.0 Å². The monoisotopic (exact) mass is 385 g/mol. The van der Waals surface area contributed by atoms with Crippen LogP contribution in [0.25, 0.3) is 11.3 Å². The number of benzene rings is 1. The highest BCUT2D eigenvalue weighted by atomic mass is 35.5. The second-order valence-corrected chi connectivity index (χ2v) is 7.52. The number of hydrogen-bond acceptors (Lipinski definition) is 5. The fraction of sp³-hybridized carbons (Fsp3) is 0.200. The van der Waals surface area contributed by atoms with E-state index in [-0.39, 0.29) is 0 Å². The number of nitrogens with one attached hydrogen (secondary N) is 1. The van der Waals surface area contributed by atoms with E-state index in [0.717, 1.165) is 33.0 Å². The molecular formula is C20H20ClN3OS. The summed E-state index contributed by atoms with van der Waals surface area (Å²) in [5.74, 6) is 1.39. The largest absolute Gasteiger partial charge is 0.437 e. The van der Waals surface area contributed by atoms with Crippen molar-refractivity contribution >= 4 is 23.5 Å². The Morgan fingerprint density at radius 2 is 1.77 bits per heavy atom. The zero-order valence-electron chi connectivity index (χ0n) is 15.1. The van der Waals surface area contributed by atoms with E-state index in [0.29, 0.717) is 10.9 Å². The van der Waals surface area contributed by atoms with E-state index in [4.69, 9.17) is 21.3 Å². The van der Waals surface area contributed by atoms with Gasteiger partial charge in [-0.3, -0.25) is 9.71 Å². The van der Waals surface area contributed by atoms with Crippen LogP contribution in [0.4, 0.5) is 0 Å². The van der Waals surface area contributed by atoms with Crippen LogP contribution < -0.4 is 9.46 Å². The summed E-state index contributed by atoms with van der Waals surface area (Å²) in [5.41, 5.74) is 4.99. The van der Waals surface area contributed by atoms with Crippen molar-refractivity contribution in [1.29, 1.82) is 0 Å². The SMILES string of the molecule is CNSc1ccc(-c2cncc(Cl)c2)nc1Oc1c(C)cc(C)cc1C. The van der Waals surface area contributed by atoms with E-state index in [1.165, 1.54) is 17.5 Å². The molecule has 0 fully saturated rings. The molecule has 3 aromatic rings. The van der Waals surface area contributed by atoms with Crippen molar-refractivity contribution in [2.45, 2.75) is 25.7 Å². The van der Waals surface area contributed by atoms with Gasteiger partial charge in [-0.2, -0.15) is 0 Å². The molecule has 0 aliphatic heterocycles. The molecule has 0 unspecified atom stereocenters. The molecule has 4 nitrogen and oxygen atoms in total. The topological polar surface area (TPSA) is 47.0 Å². The maximum Gasteiger partial charge on any atom is 0.234 e. The molecule has 2 aromatic heterocycles. The highest BCUT2D eigenvalue weighted by Crippen LogP contribution is 2.35. The number of aryl methyl sites for hydroxylation is 3. The van der Waals surface area contributed by atoms with Gasteiger partial charge in [-0.25, -0.2) is 4.98 Å². The van der Waals surface area contributed by atoms with E-state index in [9.17, 15) is 0 Å². The summed E-state index contributed by atoms with van der Waals surface area (Å²) in [7, 11) is 1.87. The molecule has 0 saturated heterocycles. The Morgan fingerprint density at radius 3 is 2.42 bits per heavy atom. The minimum Gasteiger partial charge on any atom is -0.437 e. The second-order valence-electron chi connectivity index (χ2n) is 6.03. The summed E-state index contributed by atoms with van der Waals surface area (Å²) in [6, 6.07) is 9.98. The number of hydrogen-bond donors (Lipinski definition) is 1. The molecule has 0 amide bonds. The number of halogens is 1. The van der Waals surface area contributed by atoms with Crippen LogP contribution in [0.3, 0.4) is 0 Å². The highest BCUT2D eigenvalue weighted by Gasteiger charge is 2.14. The molecule has 0 aliphatic carbocycles. The Morgan fingerprint density at radius 1 is 1.04 bits per heavy atom. The molecule has 0 bridgehead atoms. The molecule has 0 aliphatic rings. The summed E-state index contributed by atoms with van der Waals surface area (Å²) in [4.78, 5) is 9.77. The Hall–Kier alpha value is -2.08. The van der Waals surface area contributed by atoms with Crippen molar-refractivity contribution < 1.29 is 4.74 Å². The van der Waals surface area contributed by atoms with E-state index in [2.05, 4.69) is 28.8 Å². The molecule has 1 N–H and O–H groups in total. The maximum absolute atomic E-state index is 6.25. The number of aromatic nitrogens is 2. The summed E-state index contributed by atoms with van der Waals surface area (Å²) < 4.78 is 9.33. The number of rotatable bonds is 5. The molecular weight excluding hydrogens is 366 g/mol. The van der Waals surface area contributed by atoms with Gasteiger partial charge in [-0.05, 0) is 69.1 Å². The normalized spacial score (nSPS) is 10.8. The molecule has 26 heavy (non-hydrogen) atoms. The fourth-order valence-corrected chi connectivity index (χ4v) is 3.53. The highest BCUT2D eigenvalue weighted by molar-refractivity contribution is 7.97. The summed E-state index contributed by atoms with van der Waals surface area (Å²) in [6.07, 6.45) is 3.35. The van der Waals surface area contributed by atoms with Crippen molar-refractivity contribution in [3.05, 3.63) is 64.4 Å². The van der Waals surface area contributed by atoms with E-state index in [1.54, 1.807) is 12.4 Å². The molecule has 3 rings (SSSR count).